The highest BCUT2D eigenvalue weighted by Crippen LogP contribution is 2.21. The number of aromatic nitrogens is 1. The maximum absolute atomic E-state index is 5.81. The Bertz CT molecular complexity index is 873. The first kappa shape index (κ1) is 21.7. The van der Waals surface area contributed by atoms with Crippen molar-refractivity contribution < 1.29 is 9.15 Å². The standard InChI is InChI=1S/C21H24N4O2.HI/c1-15-16(2)26-20(25-15)14-24-21(22-3)23-13-17-9-11-19(12-10-17)27-18-7-5-4-6-8-18;/h4-12H,13-14H2,1-3H3,(H2,22,23,24);1H. The summed E-state index contributed by atoms with van der Waals surface area (Å²) < 4.78 is 11.4. The molecule has 148 valence electrons. The highest BCUT2D eigenvalue weighted by molar-refractivity contribution is 14.0. The SMILES string of the molecule is CN=C(NCc1ccc(Oc2ccccc2)cc1)NCc1nc(C)c(C)o1.I. The third-order valence-electron chi connectivity index (χ3n) is 4.07. The zero-order chi connectivity index (χ0) is 19.1. The Labute approximate surface area is 182 Å². The molecular formula is C21H25IN4O2. The summed E-state index contributed by atoms with van der Waals surface area (Å²) in [5, 5.41) is 6.47. The molecule has 1 aromatic heterocycles. The lowest BCUT2D eigenvalue weighted by molar-refractivity contribution is 0.463. The molecule has 2 N–H and O–H groups in total. The maximum Gasteiger partial charge on any atom is 0.214 e. The van der Waals surface area contributed by atoms with Gasteiger partial charge in [0.15, 0.2) is 5.96 Å². The van der Waals surface area contributed by atoms with Crippen molar-refractivity contribution in [3.63, 3.8) is 0 Å². The van der Waals surface area contributed by atoms with E-state index < -0.39 is 0 Å². The molecule has 1 heterocycles. The smallest absolute Gasteiger partial charge is 0.214 e. The molecule has 3 aromatic rings. The molecule has 0 aliphatic carbocycles. The van der Waals surface area contributed by atoms with Crippen LogP contribution in [-0.4, -0.2) is 18.0 Å². The fraction of sp³-hybridized carbons (Fsp3) is 0.238. The molecule has 6 nitrogen and oxygen atoms in total. The molecule has 0 fully saturated rings. The number of aryl methyl sites for hydroxylation is 2. The van der Waals surface area contributed by atoms with E-state index in [4.69, 9.17) is 9.15 Å². The van der Waals surface area contributed by atoms with E-state index in [2.05, 4.69) is 20.6 Å². The van der Waals surface area contributed by atoms with Gasteiger partial charge in [-0.3, -0.25) is 4.99 Å². The van der Waals surface area contributed by atoms with Crippen molar-refractivity contribution in [2.75, 3.05) is 7.05 Å². The molecule has 3 rings (SSSR count). The number of benzene rings is 2. The lowest BCUT2D eigenvalue weighted by Crippen LogP contribution is -2.36. The minimum absolute atomic E-state index is 0. The first-order valence-electron chi connectivity index (χ1n) is 8.83. The minimum atomic E-state index is 0. The van der Waals surface area contributed by atoms with Gasteiger partial charge in [0.2, 0.25) is 5.89 Å². The van der Waals surface area contributed by atoms with Crippen molar-refractivity contribution >= 4 is 29.9 Å². The van der Waals surface area contributed by atoms with Gasteiger partial charge in [-0.15, -0.1) is 24.0 Å². The maximum atomic E-state index is 5.81. The highest BCUT2D eigenvalue weighted by atomic mass is 127. The van der Waals surface area contributed by atoms with Crippen molar-refractivity contribution in [3.8, 4) is 11.5 Å². The van der Waals surface area contributed by atoms with Gasteiger partial charge < -0.3 is 19.8 Å². The average molecular weight is 492 g/mol. The van der Waals surface area contributed by atoms with Gasteiger partial charge in [-0.2, -0.15) is 0 Å². The molecule has 0 atom stereocenters. The molecule has 0 aliphatic heterocycles. The van der Waals surface area contributed by atoms with Crippen LogP contribution >= 0.6 is 24.0 Å². The van der Waals surface area contributed by atoms with Crippen LogP contribution in [0.2, 0.25) is 0 Å². The number of nitrogens with zero attached hydrogens (tertiary/aromatic N) is 2. The van der Waals surface area contributed by atoms with Crippen LogP contribution in [0, 0.1) is 13.8 Å². The number of para-hydroxylation sites is 1. The Hall–Kier alpha value is -2.55. The van der Waals surface area contributed by atoms with Gasteiger partial charge in [-0.1, -0.05) is 30.3 Å². The number of ether oxygens (including phenoxy) is 1. The topological polar surface area (TPSA) is 71.7 Å². The fourth-order valence-corrected chi connectivity index (χ4v) is 2.48. The lowest BCUT2D eigenvalue weighted by Gasteiger charge is -2.11. The Morgan fingerprint density at radius 3 is 2.21 bits per heavy atom. The number of hydrogen-bond donors (Lipinski definition) is 2. The molecule has 0 bridgehead atoms. The molecule has 0 unspecified atom stereocenters. The molecule has 2 aromatic carbocycles. The van der Waals surface area contributed by atoms with E-state index >= 15 is 0 Å². The molecule has 0 amide bonds. The molecular weight excluding hydrogens is 467 g/mol. The van der Waals surface area contributed by atoms with Crippen LogP contribution in [0.25, 0.3) is 0 Å². The number of aliphatic imine (C=N–C) groups is 1. The summed E-state index contributed by atoms with van der Waals surface area (Å²) in [4.78, 5) is 8.57. The quantitative estimate of drug-likeness (QED) is 0.300. The van der Waals surface area contributed by atoms with Crippen LogP contribution in [0.15, 0.2) is 64.0 Å². The van der Waals surface area contributed by atoms with E-state index in [-0.39, 0.29) is 24.0 Å². The van der Waals surface area contributed by atoms with Crippen molar-refractivity contribution in [2.45, 2.75) is 26.9 Å². The molecule has 28 heavy (non-hydrogen) atoms. The van der Waals surface area contributed by atoms with E-state index in [0.717, 1.165) is 28.5 Å². The number of rotatable bonds is 6. The summed E-state index contributed by atoms with van der Waals surface area (Å²) in [5.74, 6) is 3.81. The van der Waals surface area contributed by atoms with Crippen LogP contribution < -0.4 is 15.4 Å². The summed E-state index contributed by atoms with van der Waals surface area (Å²) in [5.41, 5.74) is 2.04. The first-order chi connectivity index (χ1) is 13.1. The number of oxazole rings is 1. The van der Waals surface area contributed by atoms with Crippen LogP contribution in [0.1, 0.15) is 22.9 Å². The third kappa shape index (κ3) is 6.26. The van der Waals surface area contributed by atoms with Gasteiger partial charge in [-0.05, 0) is 43.7 Å². The largest absolute Gasteiger partial charge is 0.457 e. The van der Waals surface area contributed by atoms with Crippen LogP contribution in [0.5, 0.6) is 11.5 Å². The van der Waals surface area contributed by atoms with Crippen molar-refractivity contribution in [1.29, 1.82) is 0 Å². The van der Waals surface area contributed by atoms with E-state index in [1.165, 1.54) is 0 Å². The number of hydrogen-bond acceptors (Lipinski definition) is 4. The second-order valence-electron chi connectivity index (χ2n) is 6.09. The normalized spacial score (nSPS) is 10.9. The summed E-state index contributed by atoms with van der Waals surface area (Å²) in [6.45, 7) is 4.97. The van der Waals surface area contributed by atoms with Crippen LogP contribution in [-0.2, 0) is 13.1 Å². The third-order valence-corrected chi connectivity index (χ3v) is 4.07. The van der Waals surface area contributed by atoms with Crippen molar-refractivity contribution in [2.24, 2.45) is 4.99 Å². The highest BCUT2D eigenvalue weighted by Gasteiger charge is 2.06. The molecule has 0 saturated carbocycles. The molecule has 0 aliphatic rings. The molecule has 0 spiro atoms. The van der Waals surface area contributed by atoms with E-state index in [0.29, 0.717) is 24.9 Å². The molecule has 0 saturated heterocycles. The predicted octanol–water partition coefficient (Wildman–Crippen LogP) is 4.57. The fourth-order valence-electron chi connectivity index (χ4n) is 2.48. The zero-order valence-corrected chi connectivity index (χ0v) is 18.6. The minimum Gasteiger partial charge on any atom is -0.457 e. The molecule has 7 heteroatoms. The van der Waals surface area contributed by atoms with Crippen molar-refractivity contribution in [3.05, 3.63) is 77.5 Å². The summed E-state index contributed by atoms with van der Waals surface area (Å²) in [7, 11) is 1.73. The summed E-state index contributed by atoms with van der Waals surface area (Å²) in [6.07, 6.45) is 0. The monoisotopic (exact) mass is 492 g/mol. The second kappa shape index (κ2) is 10.7. The Morgan fingerprint density at radius 1 is 0.964 bits per heavy atom. The van der Waals surface area contributed by atoms with Gasteiger partial charge in [0.05, 0.1) is 12.2 Å². The Kier molecular flexibility index (Phi) is 8.31. The van der Waals surface area contributed by atoms with E-state index in [1.807, 2.05) is 68.4 Å². The lowest BCUT2D eigenvalue weighted by atomic mass is 10.2. The van der Waals surface area contributed by atoms with E-state index in [1.54, 1.807) is 7.05 Å². The van der Waals surface area contributed by atoms with Gasteiger partial charge in [0, 0.05) is 13.6 Å². The Balaban J connectivity index is 0.00000280. The van der Waals surface area contributed by atoms with E-state index in [9.17, 15) is 0 Å². The summed E-state index contributed by atoms with van der Waals surface area (Å²) >= 11 is 0. The Morgan fingerprint density at radius 2 is 1.61 bits per heavy atom. The summed E-state index contributed by atoms with van der Waals surface area (Å²) in [6, 6.07) is 17.7. The van der Waals surface area contributed by atoms with Crippen LogP contribution in [0.3, 0.4) is 0 Å². The number of guanidine groups is 1. The zero-order valence-electron chi connectivity index (χ0n) is 16.2. The van der Waals surface area contributed by atoms with Crippen LogP contribution in [0.4, 0.5) is 0 Å². The van der Waals surface area contributed by atoms with Gasteiger partial charge in [0.1, 0.15) is 17.3 Å². The van der Waals surface area contributed by atoms with Gasteiger partial charge in [0.25, 0.3) is 0 Å². The average Bonchev–Trinajstić information content (AvgIpc) is 3.01. The molecule has 0 radical (unpaired) electrons. The number of nitrogens with one attached hydrogen (secondary N) is 2. The number of halogens is 1. The predicted molar refractivity (Wildman–Crippen MR) is 121 cm³/mol. The van der Waals surface area contributed by atoms with Gasteiger partial charge >= 0.3 is 0 Å². The van der Waals surface area contributed by atoms with Gasteiger partial charge in [-0.25, -0.2) is 4.98 Å². The first-order valence-corrected chi connectivity index (χ1v) is 8.83. The second-order valence-corrected chi connectivity index (χ2v) is 6.09. The van der Waals surface area contributed by atoms with Crippen molar-refractivity contribution in [1.82, 2.24) is 15.6 Å².